The summed E-state index contributed by atoms with van der Waals surface area (Å²) in [6, 6.07) is 0.311. The fourth-order valence-corrected chi connectivity index (χ4v) is 4.05. The van der Waals surface area contributed by atoms with Gasteiger partial charge in [-0.1, -0.05) is 0 Å². The number of fused-ring (bicyclic) bond motifs is 1. The molecule has 1 saturated heterocycles. The van der Waals surface area contributed by atoms with Crippen molar-refractivity contribution < 1.29 is 4.79 Å². The first-order valence-electron chi connectivity index (χ1n) is 6.95. The fourth-order valence-electron chi connectivity index (χ4n) is 2.92. The van der Waals surface area contributed by atoms with Crippen molar-refractivity contribution in [1.29, 1.82) is 0 Å². The van der Waals surface area contributed by atoms with E-state index in [0.717, 1.165) is 44.3 Å². The molecule has 0 saturated carbocycles. The fraction of sp³-hybridized carbons (Fsp3) is 0.643. The van der Waals surface area contributed by atoms with Crippen molar-refractivity contribution in [2.24, 2.45) is 0 Å². The molecule has 0 bridgehead atoms. The van der Waals surface area contributed by atoms with E-state index < -0.39 is 0 Å². The van der Waals surface area contributed by atoms with Gasteiger partial charge in [0, 0.05) is 22.8 Å². The van der Waals surface area contributed by atoms with Crippen molar-refractivity contribution in [2.45, 2.75) is 44.6 Å². The third-order valence-electron chi connectivity index (χ3n) is 3.94. The summed E-state index contributed by atoms with van der Waals surface area (Å²) in [5, 5.41) is 8.57. The van der Waals surface area contributed by atoms with Crippen molar-refractivity contribution in [3.8, 4) is 0 Å². The van der Waals surface area contributed by atoms with Gasteiger partial charge in [0.25, 0.3) is 5.91 Å². The average molecular weight is 264 g/mol. The van der Waals surface area contributed by atoms with Crippen LogP contribution >= 0.6 is 11.3 Å². The molecule has 1 aromatic heterocycles. The molecule has 4 heteroatoms. The second kappa shape index (κ2) is 5.41. The van der Waals surface area contributed by atoms with Gasteiger partial charge in [0.15, 0.2) is 0 Å². The summed E-state index contributed by atoms with van der Waals surface area (Å²) in [4.78, 5) is 13.8. The number of piperidine rings is 1. The Morgan fingerprint density at radius 2 is 2.22 bits per heavy atom. The molecule has 0 unspecified atom stereocenters. The molecule has 0 radical (unpaired) electrons. The van der Waals surface area contributed by atoms with E-state index in [1.807, 2.05) is 0 Å². The Balaban J connectivity index is 1.70. The highest BCUT2D eigenvalue weighted by molar-refractivity contribution is 7.10. The molecule has 1 amide bonds. The van der Waals surface area contributed by atoms with Gasteiger partial charge in [0.1, 0.15) is 0 Å². The average Bonchev–Trinajstić information content (AvgIpc) is 2.84. The molecule has 1 atom stereocenters. The molecule has 0 spiro atoms. The SMILES string of the molecule is O=C(N[C@H]1CCCNC1)c1csc2c1CCCC2. The lowest BCUT2D eigenvalue weighted by Crippen LogP contribution is -2.45. The molecule has 98 valence electrons. The van der Waals surface area contributed by atoms with E-state index >= 15 is 0 Å². The van der Waals surface area contributed by atoms with Gasteiger partial charge in [-0.25, -0.2) is 0 Å². The Bertz CT molecular complexity index is 435. The van der Waals surface area contributed by atoms with Crippen LogP contribution in [0.1, 0.15) is 46.5 Å². The lowest BCUT2D eigenvalue weighted by atomic mass is 9.95. The smallest absolute Gasteiger partial charge is 0.252 e. The van der Waals surface area contributed by atoms with Crippen LogP contribution in [-0.4, -0.2) is 25.0 Å². The molecule has 18 heavy (non-hydrogen) atoms. The van der Waals surface area contributed by atoms with Crippen LogP contribution < -0.4 is 10.6 Å². The van der Waals surface area contributed by atoms with E-state index in [2.05, 4.69) is 16.0 Å². The first-order chi connectivity index (χ1) is 8.84. The molecule has 3 nitrogen and oxygen atoms in total. The van der Waals surface area contributed by atoms with Crippen LogP contribution in [0.25, 0.3) is 0 Å². The number of aryl methyl sites for hydroxylation is 1. The first kappa shape index (κ1) is 12.2. The maximum absolute atomic E-state index is 12.3. The number of nitrogens with one attached hydrogen (secondary N) is 2. The number of carbonyl (C=O) groups excluding carboxylic acids is 1. The minimum Gasteiger partial charge on any atom is -0.348 e. The van der Waals surface area contributed by atoms with Crippen molar-refractivity contribution >= 4 is 17.2 Å². The lowest BCUT2D eigenvalue weighted by molar-refractivity contribution is 0.0930. The molecule has 2 heterocycles. The Kier molecular flexibility index (Phi) is 3.66. The molecule has 3 rings (SSSR count). The van der Waals surface area contributed by atoms with Crippen LogP contribution in [0.15, 0.2) is 5.38 Å². The number of hydrogen-bond donors (Lipinski definition) is 2. The van der Waals surface area contributed by atoms with Gasteiger partial charge in [-0.3, -0.25) is 4.79 Å². The maximum Gasteiger partial charge on any atom is 0.252 e. The standard InChI is InChI=1S/C14H20N2OS/c17-14(16-10-4-3-7-15-8-10)12-9-18-13-6-2-1-5-11(12)13/h9-10,15H,1-8H2,(H,16,17)/t10-/m0/s1. The zero-order chi connectivity index (χ0) is 12.4. The number of rotatable bonds is 2. The van der Waals surface area contributed by atoms with E-state index in [1.165, 1.54) is 23.3 Å². The number of amides is 1. The van der Waals surface area contributed by atoms with Crippen LogP contribution in [0.3, 0.4) is 0 Å². The Labute approximate surface area is 112 Å². The van der Waals surface area contributed by atoms with E-state index in [0.29, 0.717) is 6.04 Å². The Morgan fingerprint density at radius 3 is 3.06 bits per heavy atom. The summed E-state index contributed by atoms with van der Waals surface area (Å²) < 4.78 is 0. The van der Waals surface area contributed by atoms with Crippen molar-refractivity contribution in [2.75, 3.05) is 13.1 Å². The van der Waals surface area contributed by atoms with Crippen molar-refractivity contribution in [1.82, 2.24) is 10.6 Å². The van der Waals surface area contributed by atoms with Crippen LogP contribution in [0.2, 0.25) is 0 Å². The van der Waals surface area contributed by atoms with Crippen molar-refractivity contribution in [3.05, 3.63) is 21.4 Å². The van der Waals surface area contributed by atoms with Gasteiger partial charge in [-0.15, -0.1) is 11.3 Å². The zero-order valence-electron chi connectivity index (χ0n) is 10.6. The molecule has 1 fully saturated rings. The molecular weight excluding hydrogens is 244 g/mol. The first-order valence-corrected chi connectivity index (χ1v) is 7.83. The van der Waals surface area contributed by atoms with Crippen LogP contribution in [0.4, 0.5) is 0 Å². The largest absolute Gasteiger partial charge is 0.348 e. The van der Waals surface area contributed by atoms with Gasteiger partial charge in [0.2, 0.25) is 0 Å². The summed E-state index contributed by atoms with van der Waals surface area (Å²) in [5.74, 6) is 0.142. The van der Waals surface area contributed by atoms with Gasteiger partial charge in [0.05, 0.1) is 5.56 Å². The van der Waals surface area contributed by atoms with Crippen molar-refractivity contribution in [3.63, 3.8) is 0 Å². The predicted molar refractivity (Wildman–Crippen MR) is 74.3 cm³/mol. The summed E-state index contributed by atoms with van der Waals surface area (Å²) in [6.45, 7) is 2.00. The molecular formula is C14H20N2OS. The zero-order valence-corrected chi connectivity index (χ0v) is 11.4. The minimum atomic E-state index is 0.142. The van der Waals surface area contributed by atoms with Crippen LogP contribution in [0, 0.1) is 0 Å². The molecule has 0 aromatic carbocycles. The number of carbonyl (C=O) groups is 1. The second-order valence-corrected chi connectivity index (χ2v) is 6.24. The molecule has 1 aliphatic heterocycles. The molecule has 2 N–H and O–H groups in total. The summed E-state index contributed by atoms with van der Waals surface area (Å²) in [6.07, 6.45) is 7.02. The topological polar surface area (TPSA) is 41.1 Å². The third-order valence-corrected chi connectivity index (χ3v) is 5.03. The van der Waals surface area contributed by atoms with Crippen LogP contribution in [-0.2, 0) is 12.8 Å². The highest BCUT2D eigenvalue weighted by Crippen LogP contribution is 2.30. The monoisotopic (exact) mass is 264 g/mol. The lowest BCUT2D eigenvalue weighted by Gasteiger charge is -2.24. The van der Waals surface area contributed by atoms with E-state index in [1.54, 1.807) is 11.3 Å². The quantitative estimate of drug-likeness (QED) is 0.859. The molecule has 1 aliphatic carbocycles. The maximum atomic E-state index is 12.3. The molecule has 2 aliphatic rings. The Hall–Kier alpha value is -0.870. The minimum absolute atomic E-state index is 0.142. The Morgan fingerprint density at radius 1 is 1.33 bits per heavy atom. The highest BCUT2D eigenvalue weighted by atomic mass is 32.1. The summed E-state index contributed by atoms with van der Waals surface area (Å²) in [5.41, 5.74) is 2.27. The number of thiophene rings is 1. The van der Waals surface area contributed by atoms with Gasteiger partial charge < -0.3 is 10.6 Å². The van der Waals surface area contributed by atoms with Gasteiger partial charge in [-0.05, 0) is 50.6 Å². The van der Waals surface area contributed by atoms with Gasteiger partial charge in [-0.2, -0.15) is 0 Å². The normalized spacial score (nSPS) is 23.4. The van der Waals surface area contributed by atoms with E-state index in [9.17, 15) is 4.79 Å². The molecule has 1 aromatic rings. The highest BCUT2D eigenvalue weighted by Gasteiger charge is 2.22. The number of hydrogen-bond acceptors (Lipinski definition) is 3. The van der Waals surface area contributed by atoms with Gasteiger partial charge >= 0.3 is 0 Å². The van der Waals surface area contributed by atoms with E-state index in [-0.39, 0.29) is 5.91 Å². The van der Waals surface area contributed by atoms with Crippen LogP contribution in [0.5, 0.6) is 0 Å². The summed E-state index contributed by atoms with van der Waals surface area (Å²) in [7, 11) is 0. The predicted octanol–water partition coefficient (Wildman–Crippen LogP) is 2.11. The van der Waals surface area contributed by atoms with E-state index in [4.69, 9.17) is 0 Å². The summed E-state index contributed by atoms with van der Waals surface area (Å²) >= 11 is 1.77. The second-order valence-electron chi connectivity index (χ2n) is 5.27. The third kappa shape index (κ3) is 2.45.